The Morgan fingerprint density at radius 1 is 1.00 bits per heavy atom. The highest BCUT2D eigenvalue weighted by atomic mass is 16.1. The van der Waals surface area contributed by atoms with E-state index in [0.717, 1.165) is 41.6 Å². The Morgan fingerprint density at radius 2 is 1.62 bits per heavy atom. The molecule has 3 aliphatic rings. The van der Waals surface area contributed by atoms with Crippen molar-refractivity contribution in [1.82, 2.24) is 0 Å². The standard InChI is InChI=1S/C11H10O2/c1-5-4-8-9(5)11(13)7-3-2-6(7)10(8)12/h5H,2-4H2,1H3. The molecule has 0 bridgehead atoms. The molecule has 0 amide bonds. The molecule has 1 unspecified atom stereocenters. The molecule has 0 N–H and O–H groups in total. The van der Waals surface area contributed by atoms with Gasteiger partial charge in [0.2, 0.25) is 0 Å². The normalized spacial score (nSPS) is 31.0. The topological polar surface area (TPSA) is 34.1 Å². The second kappa shape index (κ2) is 2.00. The van der Waals surface area contributed by atoms with E-state index >= 15 is 0 Å². The number of rotatable bonds is 0. The first kappa shape index (κ1) is 7.25. The summed E-state index contributed by atoms with van der Waals surface area (Å²) in [6, 6.07) is 0. The molecule has 0 saturated carbocycles. The lowest BCUT2D eigenvalue weighted by atomic mass is 9.63. The van der Waals surface area contributed by atoms with E-state index in [4.69, 9.17) is 0 Å². The van der Waals surface area contributed by atoms with Gasteiger partial charge in [-0.25, -0.2) is 0 Å². The number of hydrogen-bond donors (Lipinski definition) is 0. The molecule has 0 heterocycles. The summed E-state index contributed by atoms with van der Waals surface area (Å²) in [6.45, 7) is 2.02. The fourth-order valence-corrected chi connectivity index (χ4v) is 2.48. The zero-order chi connectivity index (χ0) is 9.16. The lowest BCUT2D eigenvalue weighted by Gasteiger charge is -2.38. The van der Waals surface area contributed by atoms with Gasteiger partial charge in [0.1, 0.15) is 0 Å². The van der Waals surface area contributed by atoms with E-state index < -0.39 is 0 Å². The quantitative estimate of drug-likeness (QED) is 0.522. The van der Waals surface area contributed by atoms with Crippen LogP contribution in [-0.2, 0) is 9.59 Å². The van der Waals surface area contributed by atoms with Crippen LogP contribution in [0.2, 0.25) is 0 Å². The van der Waals surface area contributed by atoms with Crippen molar-refractivity contribution in [3.8, 4) is 0 Å². The van der Waals surface area contributed by atoms with Gasteiger partial charge in [-0.05, 0) is 25.2 Å². The molecular formula is C11H10O2. The second-order valence-electron chi connectivity index (χ2n) is 4.11. The van der Waals surface area contributed by atoms with Crippen LogP contribution >= 0.6 is 0 Å². The predicted octanol–water partition coefficient (Wildman–Crippen LogP) is 1.56. The van der Waals surface area contributed by atoms with Crippen molar-refractivity contribution in [2.45, 2.75) is 26.2 Å². The van der Waals surface area contributed by atoms with Gasteiger partial charge in [0.15, 0.2) is 11.6 Å². The number of hydrogen-bond acceptors (Lipinski definition) is 2. The van der Waals surface area contributed by atoms with Crippen molar-refractivity contribution in [3.63, 3.8) is 0 Å². The molecule has 66 valence electrons. The van der Waals surface area contributed by atoms with E-state index in [-0.39, 0.29) is 11.6 Å². The van der Waals surface area contributed by atoms with E-state index in [2.05, 4.69) is 0 Å². The minimum atomic E-state index is 0.175. The SMILES string of the molecule is CC1CC2=C1C(=O)C1=C(CC1)C2=O. The molecule has 0 fully saturated rings. The number of allylic oxidation sites excluding steroid dienone is 4. The fraction of sp³-hybridized carbons (Fsp3) is 0.455. The summed E-state index contributed by atoms with van der Waals surface area (Å²) in [5.74, 6) is 0.671. The molecule has 0 radical (unpaired) electrons. The molecule has 0 aromatic carbocycles. The van der Waals surface area contributed by atoms with Gasteiger partial charge < -0.3 is 0 Å². The van der Waals surface area contributed by atoms with E-state index in [1.807, 2.05) is 6.92 Å². The molecule has 2 nitrogen and oxygen atoms in total. The van der Waals surface area contributed by atoms with Gasteiger partial charge in [0.25, 0.3) is 0 Å². The van der Waals surface area contributed by atoms with Gasteiger partial charge in [-0.1, -0.05) is 6.92 Å². The Bertz CT molecular complexity index is 410. The maximum atomic E-state index is 11.7. The summed E-state index contributed by atoms with van der Waals surface area (Å²) in [5, 5.41) is 0. The van der Waals surface area contributed by atoms with Crippen LogP contribution in [0.4, 0.5) is 0 Å². The van der Waals surface area contributed by atoms with Crippen LogP contribution in [-0.4, -0.2) is 11.6 Å². The highest BCUT2D eigenvalue weighted by Gasteiger charge is 2.44. The molecule has 1 atom stereocenters. The lowest BCUT2D eigenvalue weighted by Crippen LogP contribution is -2.37. The molecule has 0 aromatic heterocycles. The van der Waals surface area contributed by atoms with Gasteiger partial charge in [0, 0.05) is 22.3 Å². The van der Waals surface area contributed by atoms with Gasteiger partial charge >= 0.3 is 0 Å². The molecule has 2 heteroatoms. The van der Waals surface area contributed by atoms with Crippen LogP contribution in [0.15, 0.2) is 22.3 Å². The van der Waals surface area contributed by atoms with E-state index in [0.29, 0.717) is 5.92 Å². The second-order valence-corrected chi connectivity index (χ2v) is 4.11. The average Bonchev–Trinajstić information content (AvgIpc) is 1.95. The van der Waals surface area contributed by atoms with Crippen LogP contribution < -0.4 is 0 Å². The van der Waals surface area contributed by atoms with E-state index in [9.17, 15) is 9.59 Å². The Hall–Kier alpha value is -1.18. The Kier molecular flexibility index (Phi) is 1.12. The lowest BCUT2D eigenvalue weighted by molar-refractivity contribution is -0.119. The van der Waals surface area contributed by atoms with E-state index in [1.165, 1.54) is 0 Å². The van der Waals surface area contributed by atoms with Crippen molar-refractivity contribution in [3.05, 3.63) is 22.3 Å². The van der Waals surface area contributed by atoms with Crippen molar-refractivity contribution < 1.29 is 9.59 Å². The van der Waals surface area contributed by atoms with Crippen molar-refractivity contribution >= 4 is 11.6 Å². The molecule has 0 aromatic rings. The molecule has 3 rings (SSSR count). The zero-order valence-corrected chi connectivity index (χ0v) is 7.52. The molecule has 0 spiro atoms. The smallest absolute Gasteiger partial charge is 0.186 e. The largest absolute Gasteiger partial charge is 0.289 e. The third-order valence-corrected chi connectivity index (χ3v) is 3.38. The Labute approximate surface area is 76.3 Å². The molecule has 3 aliphatic carbocycles. The van der Waals surface area contributed by atoms with Crippen molar-refractivity contribution in [1.29, 1.82) is 0 Å². The zero-order valence-electron chi connectivity index (χ0n) is 7.52. The van der Waals surface area contributed by atoms with Crippen LogP contribution in [0.1, 0.15) is 26.2 Å². The summed E-state index contributed by atoms with van der Waals surface area (Å²) in [6.07, 6.45) is 2.46. The fourth-order valence-electron chi connectivity index (χ4n) is 2.48. The Balaban J connectivity index is 2.16. The summed E-state index contributed by atoms with van der Waals surface area (Å²) in [7, 11) is 0. The molecule has 0 saturated heterocycles. The molecule has 13 heavy (non-hydrogen) atoms. The monoisotopic (exact) mass is 174 g/mol. The van der Waals surface area contributed by atoms with Gasteiger partial charge in [-0.3, -0.25) is 9.59 Å². The highest BCUT2D eigenvalue weighted by molar-refractivity contribution is 6.28. The van der Waals surface area contributed by atoms with Crippen LogP contribution in [0.5, 0.6) is 0 Å². The maximum Gasteiger partial charge on any atom is 0.186 e. The number of Topliss-reactive ketones (excluding diaryl/α,β-unsaturated/α-hetero) is 2. The number of carbonyl (C=O) groups is 2. The molecule has 0 aliphatic heterocycles. The van der Waals surface area contributed by atoms with Gasteiger partial charge in [-0.2, -0.15) is 0 Å². The van der Waals surface area contributed by atoms with Crippen molar-refractivity contribution in [2.24, 2.45) is 5.92 Å². The summed E-state index contributed by atoms with van der Waals surface area (Å²) >= 11 is 0. The minimum Gasteiger partial charge on any atom is -0.289 e. The maximum absolute atomic E-state index is 11.7. The first-order valence-electron chi connectivity index (χ1n) is 4.74. The van der Waals surface area contributed by atoms with Crippen LogP contribution in [0, 0.1) is 5.92 Å². The van der Waals surface area contributed by atoms with Crippen LogP contribution in [0.25, 0.3) is 0 Å². The van der Waals surface area contributed by atoms with Gasteiger partial charge in [-0.15, -0.1) is 0 Å². The Morgan fingerprint density at radius 3 is 2.15 bits per heavy atom. The van der Waals surface area contributed by atoms with E-state index in [1.54, 1.807) is 0 Å². The average molecular weight is 174 g/mol. The third kappa shape index (κ3) is 0.656. The van der Waals surface area contributed by atoms with Crippen LogP contribution in [0.3, 0.4) is 0 Å². The van der Waals surface area contributed by atoms with Gasteiger partial charge in [0.05, 0.1) is 0 Å². The summed E-state index contributed by atoms with van der Waals surface area (Å²) in [5.41, 5.74) is 3.27. The summed E-state index contributed by atoms with van der Waals surface area (Å²) < 4.78 is 0. The summed E-state index contributed by atoms with van der Waals surface area (Å²) in [4.78, 5) is 23.4. The first-order valence-corrected chi connectivity index (χ1v) is 4.74. The minimum absolute atomic E-state index is 0.175. The number of carbonyl (C=O) groups excluding carboxylic acids is 2. The first-order chi connectivity index (χ1) is 6.20. The predicted molar refractivity (Wildman–Crippen MR) is 47.1 cm³/mol. The third-order valence-electron chi connectivity index (χ3n) is 3.38. The molecular weight excluding hydrogens is 164 g/mol. The van der Waals surface area contributed by atoms with Crippen molar-refractivity contribution in [2.75, 3.05) is 0 Å². The highest BCUT2D eigenvalue weighted by Crippen LogP contribution is 2.47. The number of ketones is 2.